The minimum Gasteiger partial charge on any atom is -0.455 e. The fourth-order valence-corrected chi connectivity index (χ4v) is 15.8. The smallest absolute Gasteiger partial charge is 0.160 e. The van der Waals surface area contributed by atoms with Crippen LogP contribution < -0.4 is 9.80 Å². The number of hydrogen-bond donors (Lipinski definition) is 0. The van der Waals surface area contributed by atoms with Crippen LogP contribution in [0.1, 0.15) is 74.9 Å². The van der Waals surface area contributed by atoms with Crippen LogP contribution in [0.3, 0.4) is 0 Å². The average Bonchev–Trinajstić information content (AvgIpc) is 1.48. The average molecular weight is 1210 g/mol. The van der Waals surface area contributed by atoms with Gasteiger partial charge in [-0.3, -0.25) is 0 Å². The van der Waals surface area contributed by atoms with Gasteiger partial charge in [0.05, 0.1) is 22.2 Å². The number of rotatable bonds is 9. The molecule has 0 bridgehead atoms. The maximum atomic E-state index is 7.68. The van der Waals surface area contributed by atoms with E-state index >= 15 is 0 Å². The molecule has 16 aromatic rings. The van der Waals surface area contributed by atoms with E-state index in [0.717, 1.165) is 112 Å². The molecule has 0 atom stereocenters. The summed E-state index contributed by atoms with van der Waals surface area (Å²) in [5.74, 6) is 0. The van der Waals surface area contributed by atoms with E-state index in [1.165, 1.54) is 71.6 Å². The SMILES string of the molecule is CC(C)(C)Cc1ccc(N(c2ccc(-c3ccc4ccccc4c3)cc2)c2cc3c(c4oc5ccccc5c24)-c2c(cc(N(c4ccc(-c5ccc6ccccc6c5)cc4)c4ccc(C(C)(C)C)cc4)c4oc5ccccc5c24)C32c3ccccc3-c3ccccc32)cc1. The number of benzene rings is 14. The van der Waals surface area contributed by atoms with Crippen molar-refractivity contribution in [3.8, 4) is 44.5 Å². The van der Waals surface area contributed by atoms with Gasteiger partial charge in [-0.1, -0.05) is 248 Å². The third kappa shape index (κ3) is 8.66. The van der Waals surface area contributed by atoms with Crippen LogP contribution in [0.5, 0.6) is 0 Å². The largest absolute Gasteiger partial charge is 0.455 e. The zero-order chi connectivity index (χ0) is 63.2. The van der Waals surface area contributed by atoms with Gasteiger partial charge in [0.2, 0.25) is 0 Å². The Morgan fingerprint density at radius 1 is 0.330 bits per heavy atom. The Balaban J connectivity index is 0.942. The van der Waals surface area contributed by atoms with Crippen LogP contribution in [0.2, 0.25) is 0 Å². The molecular formula is C90H68N2O2. The Labute approximate surface area is 548 Å². The third-order valence-corrected chi connectivity index (χ3v) is 20.1. The fourth-order valence-electron chi connectivity index (χ4n) is 15.8. The molecule has 2 aromatic heterocycles. The van der Waals surface area contributed by atoms with E-state index in [1.54, 1.807) is 0 Å². The Morgan fingerprint density at radius 2 is 0.745 bits per heavy atom. The summed E-state index contributed by atoms with van der Waals surface area (Å²) in [5, 5.41) is 9.10. The summed E-state index contributed by atoms with van der Waals surface area (Å²) in [6.45, 7) is 13.8. The van der Waals surface area contributed by atoms with E-state index in [2.05, 4.69) is 343 Å². The molecule has 0 radical (unpaired) electrons. The van der Waals surface area contributed by atoms with E-state index in [1.807, 2.05) is 0 Å². The lowest BCUT2D eigenvalue weighted by Crippen LogP contribution is -2.26. The Hall–Kier alpha value is -11.2. The van der Waals surface area contributed by atoms with Gasteiger partial charge in [-0.25, -0.2) is 0 Å². The summed E-state index contributed by atoms with van der Waals surface area (Å²) >= 11 is 0. The number of anilines is 6. The normalized spacial score (nSPS) is 13.1. The van der Waals surface area contributed by atoms with Crippen molar-refractivity contribution >= 4 is 99.5 Å². The van der Waals surface area contributed by atoms with E-state index in [0.29, 0.717) is 0 Å². The summed E-state index contributed by atoms with van der Waals surface area (Å²) in [5.41, 5.74) is 25.3. The topological polar surface area (TPSA) is 32.8 Å². The molecule has 14 aromatic carbocycles. The van der Waals surface area contributed by atoms with Gasteiger partial charge in [0, 0.05) is 50.0 Å². The van der Waals surface area contributed by atoms with Gasteiger partial charge in [-0.2, -0.15) is 0 Å². The molecule has 0 amide bonds. The standard InChI is InChI=1S/C90H68N2O2/c1-88(2,3)55-56-31-43-66(44-32-56)91(67-45-37-59(38-46-67)63-35-33-57-19-7-9-21-61(57)51-63)78-53-77-85(87-82(78)72-25-13-17-29-80(72)94-87)84-76(90(77)74-27-15-11-23-70(74)71-24-12-16-28-75(71)90)54-79(86-83(84)73-26-14-18-30-81(73)93-86)92(69-49-41-65(42-50-69)89(4,5)6)68-47-39-60(40-48-68)64-36-34-58-20-8-10-22-62(58)52-64/h7-54H,55H2,1-6H3. The van der Waals surface area contributed by atoms with Crippen LogP contribution in [-0.4, -0.2) is 0 Å². The highest BCUT2D eigenvalue weighted by Gasteiger charge is 2.54. The van der Waals surface area contributed by atoms with Crippen LogP contribution >= 0.6 is 0 Å². The van der Waals surface area contributed by atoms with Gasteiger partial charge in [-0.15, -0.1) is 0 Å². The highest BCUT2D eigenvalue weighted by atomic mass is 16.3. The molecular weight excluding hydrogens is 1140 g/mol. The zero-order valence-electron chi connectivity index (χ0n) is 53.6. The molecule has 94 heavy (non-hydrogen) atoms. The molecule has 0 unspecified atom stereocenters. The van der Waals surface area contributed by atoms with Gasteiger partial charge in [0.1, 0.15) is 16.7 Å². The molecule has 2 heterocycles. The molecule has 0 saturated carbocycles. The Bertz CT molecular complexity index is 5670. The van der Waals surface area contributed by atoms with Crippen LogP contribution in [0.25, 0.3) is 110 Å². The quantitative estimate of drug-likeness (QED) is 0.144. The zero-order valence-corrected chi connectivity index (χ0v) is 53.6. The van der Waals surface area contributed by atoms with Crippen molar-refractivity contribution in [3.05, 3.63) is 325 Å². The summed E-state index contributed by atoms with van der Waals surface area (Å²) in [6.07, 6.45) is 0.957. The first-order valence-electron chi connectivity index (χ1n) is 33.0. The first-order chi connectivity index (χ1) is 45.8. The molecule has 0 saturated heterocycles. The number of fused-ring (bicyclic) bond motifs is 20. The van der Waals surface area contributed by atoms with Crippen molar-refractivity contribution in [3.63, 3.8) is 0 Å². The lowest BCUT2D eigenvalue weighted by atomic mass is 9.70. The molecule has 4 nitrogen and oxygen atoms in total. The molecule has 2 aliphatic carbocycles. The van der Waals surface area contributed by atoms with Crippen LogP contribution in [0, 0.1) is 5.41 Å². The molecule has 18 rings (SSSR count). The maximum Gasteiger partial charge on any atom is 0.160 e. The summed E-state index contributed by atoms with van der Waals surface area (Å²) in [4.78, 5) is 4.94. The minimum absolute atomic E-state index is 0.0562. The van der Waals surface area contributed by atoms with Crippen LogP contribution in [0.15, 0.2) is 300 Å². The molecule has 2 aliphatic rings. The number of para-hydroxylation sites is 2. The Morgan fingerprint density at radius 3 is 1.28 bits per heavy atom. The lowest BCUT2D eigenvalue weighted by molar-refractivity contribution is 0.411. The van der Waals surface area contributed by atoms with Gasteiger partial charge < -0.3 is 18.6 Å². The molecule has 450 valence electrons. The Kier molecular flexibility index (Phi) is 12.4. The first kappa shape index (κ1) is 55.6. The summed E-state index contributed by atoms with van der Waals surface area (Å²) < 4.78 is 15.2. The predicted molar refractivity (Wildman–Crippen MR) is 394 cm³/mol. The van der Waals surface area contributed by atoms with Crippen molar-refractivity contribution in [2.75, 3.05) is 9.80 Å². The van der Waals surface area contributed by atoms with E-state index in [4.69, 9.17) is 8.83 Å². The van der Waals surface area contributed by atoms with Gasteiger partial charge in [-0.05, 0) is 190 Å². The number of furan rings is 2. The highest BCUT2D eigenvalue weighted by molar-refractivity contribution is 6.26. The second-order valence-electron chi connectivity index (χ2n) is 28.2. The molecule has 0 fully saturated rings. The fraction of sp³-hybridized carbons (Fsp3) is 0.111. The van der Waals surface area contributed by atoms with Crippen LogP contribution in [0.4, 0.5) is 34.1 Å². The highest BCUT2D eigenvalue weighted by Crippen LogP contribution is 2.68. The van der Waals surface area contributed by atoms with E-state index in [-0.39, 0.29) is 10.8 Å². The van der Waals surface area contributed by atoms with Crippen molar-refractivity contribution < 1.29 is 8.83 Å². The predicted octanol–water partition coefficient (Wildman–Crippen LogP) is 25.3. The maximum absolute atomic E-state index is 7.68. The summed E-state index contributed by atoms with van der Waals surface area (Å²) in [7, 11) is 0. The first-order valence-corrected chi connectivity index (χ1v) is 33.0. The molecule has 0 N–H and O–H groups in total. The molecule has 4 heteroatoms. The summed E-state index contributed by atoms with van der Waals surface area (Å²) in [6, 6.07) is 108. The minimum atomic E-state index is -0.856. The molecule has 0 aliphatic heterocycles. The van der Waals surface area contributed by atoms with Crippen LogP contribution in [-0.2, 0) is 17.3 Å². The van der Waals surface area contributed by atoms with Gasteiger partial charge in [0.15, 0.2) is 5.58 Å². The van der Waals surface area contributed by atoms with Crippen molar-refractivity contribution in [2.45, 2.75) is 58.8 Å². The van der Waals surface area contributed by atoms with Crippen molar-refractivity contribution in [1.29, 1.82) is 0 Å². The number of nitrogens with zero attached hydrogens (tertiary/aromatic N) is 2. The van der Waals surface area contributed by atoms with Gasteiger partial charge >= 0.3 is 0 Å². The molecule has 1 spiro atoms. The van der Waals surface area contributed by atoms with Gasteiger partial charge in [0.25, 0.3) is 0 Å². The second-order valence-corrected chi connectivity index (χ2v) is 28.2. The third-order valence-electron chi connectivity index (χ3n) is 20.1. The second kappa shape index (κ2) is 20.9. The van der Waals surface area contributed by atoms with E-state index < -0.39 is 5.41 Å². The van der Waals surface area contributed by atoms with Crippen molar-refractivity contribution in [2.24, 2.45) is 5.41 Å². The lowest BCUT2D eigenvalue weighted by Gasteiger charge is -2.33. The van der Waals surface area contributed by atoms with Crippen molar-refractivity contribution in [1.82, 2.24) is 0 Å². The monoisotopic (exact) mass is 1210 g/mol. The van der Waals surface area contributed by atoms with E-state index in [9.17, 15) is 0 Å². The number of hydrogen-bond acceptors (Lipinski definition) is 4.